The van der Waals surface area contributed by atoms with Crippen molar-refractivity contribution in [3.8, 4) is 0 Å². The van der Waals surface area contributed by atoms with Gasteiger partial charge in [-0.2, -0.15) is 0 Å². The summed E-state index contributed by atoms with van der Waals surface area (Å²) >= 11 is 0. The molecule has 0 saturated heterocycles. The third kappa shape index (κ3) is 23.2. The summed E-state index contributed by atoms with van der Waals surface area (Å²) in [6, 6.07) is 30.6. The van der Waals surface area contributed by atoms with E-state index in [2.05, 4.69) is 125 Å². The third-order valence-electron chi connectivity index (χ3n) is 3.24. The Labute approximate surface area is 224 Å². The predicted octanol–water partition coefficient (Wildman–Crippen LogP) is 2.18. The van der Waals surface area contributed by atoms with Gasteiger partial charge in [-0.3, -0.25) is 0 Å². The minimum Gasteiger partial charge on any atom is -0.0620 e. The minimum atomic E-state index is 0. The number of rotatable bonds is 4. The van der Waals surface area contributed by atoms with Gasteiger partial charge in [-0.1, -0.05) is 48.5 Å². The molecule has 2 atom stereocenters. The molecule has 0 saturated carbocycles. The molecule has 168 valence electrons. The Morgan fingerprint density at radius 1 is 0.353 bits per heavy atom. The Morgan fingerprint density at radius 3 is 0.794 bits per heavy atom. The van der Waals surface area contributed by atoms with Crippen LogP contribution in [0.25, 0.3) is 0 Å². The van der Waals surface area contributed by atoms with Crippen LogP contribution in [0.4, 0.5) is 0 Å². The van der Waals surface area contributed by atoms with Crippen molar-refractivity contribution in [2.75, 3.05) is 0 Å². The Hall–Kier alpha value is -2.00. The summed E-state index contributed by atoms with van der Waals surface area (Å²) in [5.74, 6) is 0. The van der Waals surface area contributed by atoms with Crippen molar-refractivity contribution in [1.82, 2.24) is 0 Å². The molecular formula is C24H18Fe2O6P2+8. The van der Waals surface area contributed by atoms with E-state index in [0.717, 1.165) is 0 Å². The maximum Gasteiger partial charge on any atom is 3.00 e. The van der Waals surface area contributed by atoms with E-state index >= 15 is 0 Å². The molecule has 0 aliphatic carbocycles. The maximum absolute atomic E-state index is 7.50. The first-order chi connectivity index (χ1) is 15.9. The minimum absolute atomic E-state index is 0. The molecule has 0 aliphatic rings. The monoisotopic (exact) mass is 576 g/mol. The topological polar surface area (TPSA) is 119 Å². The molecule has 0 amide bonds. The van der Waals surface area contributed by atoms with E-state index in [1.807, 2.05) is 0 Å². The molecule has 3 aromatic carbocycles. The van der Waals surface area contributed by atoms with Gasteiger partial charge in [-0.15, -0.1) is 0 Å². The van der Waals surface area contributed by atoms with E-state index in [0.29, 0.717) is 0 Å². The van der Waals surface area contributed by atoms with Crippen molar-refractivity contribution in [3.63, 3.8) is 0 Å². The van der Waals surface area contributed by atoms with Gasteiger partial charge in [0.2, 0.25) is 0 Å². The SMILES string of the molecule is [C-]#[O+].[C-]#[O+].[C-]#[O+].[C-]#[O+].[C-]#[O+].[C-]#[O+].[Fe+3].[Fe+3].c1ccc([PH2+]c2ccccc2[PH2+]c2ccccc2)cc1. The van der Waals surface area contributed by atoms with Crippen molar-refractivity contribution >= 4 is 38.4 Å². The average molecular weight is 576 g/mol. The molecule has 10 heteroatoms. The molecule has 2 unspecified atom stereocenters. The van der Waals surface area contributed by atoms with Crippen LogP contribution < -0.4 is 21.2 Å². The van der Waals surface area contributed by atoms with Crippen molar-refractivity contribution in [3.05, 3.63) is 125 Å². The van der Waals surface area contributed by atoms with Crippen molar-refractivity contribution in [2.45, 2.75) is 0 Å². The molecule has 34 heavy (non-hydrogen) atoms. The van der Waals surface area contributed by atoms with Gasteiger partial charge in [0.05, 0.1) is 27.8 Å². The van der Waals surface area contributed by atoms with Crippen LogP contribution in [0.5, 0.6) is 0 Å². The summed E-state index contributed by atoms with van der Waals surface area (Å²) in [6.45, 7) is 27.0. The smallest absolute Gasteiger partial charge is 0.0620 e. The van der Waals surface area contributed by atoms with Crippen LogP contribution in [0.2, 0.25) is 0 Å². The molecule has 2 radical (unpaired) electrons. The zero-order valence-corrected chi connectivity index (χ0v) is 21.9. The second-order valence-corrected chi connectivity index (χ2v) is 7.89. The molecule has 0 N–H and O–H groups in total. The van der Waals surface area contributed by atoms with Gasteiger partial charge < -0.3 is 0 Å². The molecule has 0 fully saturated rings. The molecular weight excluding hydrogens is 558 g/mol. The summed E-state index contributed by atoms with van der Waals surface area (Å²) < 4.78 is 45.0. The summed E-state index contributed by atoms with van der Waals surface area (Å²) in [4.78, 5) is 0. The molecule has 6 nitrogen and oxygen atoms in total. The fourth-order valence-electron chi connectivity index (χ4n) is 2.23. The van der Waals surface area contributed by atoms with Gasteiger partial charge in [0.1, 0.15) is 10.6 Å². The number of hydrogen-bond acceptors (Lipinski definition) is 0. The van der Waals surface area contributed by atoms with E-state index in [4.69, 9.17) is 27.9 Å². The van der Waals surface area contributed by atoms with Crippen LogP contribution in [-0.2, 0) is 62.1 Å². The zero-order valence-electron chi connectivity index (χ0n) is 17.4. The largest absolute Gasteiger partial charge is 3.00 e. The average Bonchev–Trinajstić information content (AvgIpc) is 2.93. The fraction of sp³-hybridized carbons (Fsp3) is 0. The molecule has 3 aromatic rings. The summed E-state index contributed by atoms with van der Waals surface area (Å²) in [6.07, 6.45) is 0. The van der Waals surface area contributed by atoms with Crippen LogP contribution in [0, 0.1) is 39.9 Å². The first-order valence-electron chi connectivity index (χ1n) is 8.03. The maximum atomic E-state index is 7.50. The second kappa shape index (κ2) is 41.3. The van der Waals surface area contributed by atoms with Gasteiger partial charge in [0.15, 0.2) is 0 Å². The summed E-state index contributed by atoms with van der Waals surface area (Å²) in [5.41, 5.74) is 0. The zero-order chi connectivity index (χ0) is 25.6. The van der Waals surface area contributed by atoms with E-state index < -0.39 is 0 Å². The van der Waals surface area contributed by atoms with E-state index in [1.165, 1.54) is 21.2 Å². The molecule has 0 aromatic heterocycles. The van der Waals surface area contributed by atoms with Gasteiger partial charge in [0, 0.05) is 0 Å². The fourth-order valence-corrected chi connectivity index (χ4v) is 5.22. The molecule has 0 bridgehead atoms. The summed E-state index contributed by atoms with van der Waals surface area (Å²) in [7, 11) is 0.390. The van der Waals surface area contributed by atoms with Crippen molar-refractivity contribution in [1.29, 1.82) is 0 Å². The predicted molar refractivity (Wildman–Crippen MR) is 121 cm³/mol. The van der Waals surface area contributed by atoms with Gasteiger partial charge in [-0.25, -0.2) is 0 Å². The number of hydrogen-bond donors (Lipinski definition) is 0. The third-order valence-corrected chi connectivity index (χ3v) is 6.68. The summed E-state index contributed by atoms with van der Waals surface area (Å²) in [5, 5.41) is 6.01. The van der Waals surface area contributed by atoms with Crippen molar-refractivity contribution in [2.24, 2.45) is 0 Å². The van der Waals surface area contributed by atoms with Crippen LogP contribution in [0.15, 0.2) is 84.9 Å². The van der Waals surface area contributed by atoms with Crippen molar-refractivity contribution < 1.29 is 62.1 Å². The Morgan fingerprint density at radius 2 is 0.559 bits per heavy atom. The van der Waals surface area contributed by atoms with Gasteiger partial charge in [0.25, 0.3) is 0 Å². The Bertz CT molecular complexity index is 834. The van der Waals surface area contributed by atoms with E-state index in [9.17, 15) is 0 Å². The molecule has 3 rings (SSSR count). The van der Waals surface area contributed by atoms with Crippen LogP contribution >= 0.6 is 17.2 Å². The molecule has 0 aliphatic heterocycles. The quantitative estimate of drug-likeness (QED) is 0.196. The van der Waals surface area contributed by atoms with Gasteiger partial charge >= 0.3 is 102 Å². The Balaban J connectivity index is -0.000000123. The standard InChI is InChI=1S/C18H16P2.6CO.2Fe/c1-3-9-15(10-4-1)19-17-13-7-8-14-18(17)20-16-11-5-2-6-12-16;6*1-2;;/h1-14,19-20H;;;;;;;;/q;;;;;;;2*+3/p+2. The molecule has 0 heterocycles. The van der Waals surface area contributed by atoms with Crippen LogP contribution in [0.1, 0.15) is 0 Å². The van der Waals surface area contributed by atoms with Gasteiger partial charge in [-0.05, 0) is 36.4 Å². The van der Waals surface area contributed by atoms with E-state index in [-0.39, 0.29) is 51.3 Å². The number of benzene rings is 3. The molecule has 0 spiro atoms. The Kier molecular flexibility index (Phi) is 55.2. The van der Waals surface area contributed by atoms with Crippen LogP contribution in [0.3, 0.4) is 0 Å². The second-order valence-electron chi connectivity index (χ2n) is 4.74. The van der Waals surface area contributed by atoms with E-state index in [1.54, 1.807) is 0 Å². The first kappa shape index (κ1) is 45.5. The normalized spacial score (nSPS) is 7.18. The van der Waals surface area contributed by atoms with Crippen LogP contribution in [-0.4, -0.2) is 0 Å². The first-order valence-corrected chi connectivity index (χ1v) is 10.3.